The molecule has 4 rings (SSSR count). The second-order valence-corrected chi connectivity index (χ2v) is 8.02. The zero-order valence-corrected chi connectivity index (χ0v) is 18.5. The number of carbonyl (C=O) groups excluding carboxylic acids is 1. The summed E-state index contributed by atoms with van der Waals surface area (Å²) in [6, 6.07) is 15.1. The SMILES string of the molecule is CCOc1ccc(NC(=O)CSc2nnc3[nH]c(=O)c(Cc4ccc(C)cc4)nn23)cc1. The number of aromatic nitrogens is 5. The zero-order valence-electron chi connectivity index (χ0n) is 17.7. The van der Waals surface area contributed by atoms with Crippen molar-refractivity contribution in [1.82, 2.24) is 24.8 Å². The molecule has 4 aromatic rings. The number of aryl methyl sites for hydroxylation is 1. The fraction of sp³-hybridized carbons (Fsp3) is 0.227. The number of fused-ring (bicyclic) bond motifs is 1. The number of hydrogen-bond acceptors (Lipinski definition) is 7. The number of rotatable bonds is 8. The lowest BCUT2D eigenvalue weighted by molar-refractivity contribution is -0.113. The average Bonchev–Trinajstić information content (AvgIpc) is 3.17. The molecule has 2 aromatic carbocycles. The normalized spacial score (nSPS) is 10.9. The molecule has 10 heteroatoms. The number of nitrogens with zero attached hydrogens (tertiary/aromatic N) is 4. The van der Waals surface area contributed by atoms with Crippen LogP contribution in [0.1, 0.15) is 23.7 Å². The summed E-state index contributed by atoms with van der Waals surface area (Å²) in [5.41, 5.74) is 2.84. The van der Waals surface area contributed by atoms with Crippen LogP contribution in [0.4, 0.5) is 5.69 Å². The molecule has 32 heavy (non-hydrogen) atoms. The Morgan fingerprint density at radius 2 is 1.88 bits per heavy atom. The van der Waals surface area contributed by atoms with Gasteiger partial charge < -0.3 is 10.1 Å². The predicted molar refractivity (Wildman–Crippen MR) is 122 cm³/mol. The van der Waals surface area contributed by atoms with E-state index in [-0.39, 0.29) is 23.0 Å². The molecule has 2 N–H and O–H groups in total. The topological polar surface area (TPSA) is 114 Å². The van der Waals surface area contributed by atoms with Gasteiger partial charge in [-0.15, -0.1) is 10.2 Å². The largest absolute Gasteiger partial charge is 0.494 e. The molecular weight excluding hydrogens is 428 g/mol. The Balaban J connectivity index is 1.44. The highest BCUT2D eigenvalue weighted by Gasteiger charge is 2.14. The van der Waals surface area contributed by atoms with E-state index in [4.69, 9.17) is 4.74 Å². The minimum absolute atomic E-state index is 0.113. The summed E-state index contributed by atoms with van der Waals surface area (Å²) in [5, 5.41) is 15.7. The summed E-state index contributed by atoms with van der Waals surface area (Å²) >= 11 is 1.19. The van der Waals surface area contributed by atoms with Gasteiger partial charge in [0, 0.05) is 12.1 Å². The van der Waals surface area contributed by atoms with Crippen LogP contribution in [0.15, 0.2) is 58.5 Å². The summed E-state index contributed by atoms with van der Waals surface area (Å²) < 4.78 is 6.85. The standard InChI is InChI=1S/C22H22N6O3S/c1-3-31-17-10-8-16(9-11-17)23-19(29)13-32-22-26-25-21-24-20(30)18(27-28(21)22)12-15-6-4-14(2)5-7-15/h4-11H,3,12-13H2,1-2H3,(H,23,29)(H,24,25,30). The Hall–Kier alpha value is -3.66. The average molecular weight is 451 g/mol. The molecule has 0 atom stereocenters. The van der Waals surface area contributed by atoms with Gasteiger partial charge in [-0.3, -0.25) is 14.6 Å². The van der Waals surface area contributed by atoms with E-state index in [1.807, 2.05) is 38.1 Å². The molecule has 1 amide bonds. The maximum atomic E-state index is 12.4. The lowest BCUT2D eigenvalue weighted by atomic mass is 10.1. The second-order valence-electron chi connectivity index (χ2n) is 7.08. The number of carbonyl (C=O) groups is 1. The third-order valence-electron chi connectivity index (χ3n) is 4.59. The summed E-state index contributed by atoms with van der Waals surface area (Å²) in [7, 11) is 0. The first kappa shape index (κ1) is 21.6. The van der Waals surface area contributed by atoms with Gasteiger partial charge in [0.1, 0.15) is 11.4 Å². The smallest absolute Gasteiger partial charge is 0.274 e. The van der Waals surface area contributed by atoms with E-state index < -0.39 is 0 Å². The van der Waals surface area contributed by atoms with Crippen molar-refractivity contribution in [3.8, 4) is 5.75 Å². The van der Waals surface area contributed by atoms with Crippen molar-refractivity contribution >= 4 is 29.1 Å². The number of H-pyrrole nitrogens is 1. The van der Waals surface area contributed by atoms with Gasteiger partial charge in [0.05, 0.1) is 12.4 Å². The van der Waals surface area contributed by atoms with Crippen molar-refractivity contribution < 1.29 is 9.53 Å². The molecule has 164 valence electrons. The van der Waals surface area contributed by atoms with Crippen LogP contribution in [0.5, 0.6) is 5.75 Å². The molecule has 0 aliphatic heterocycles. The number of anilines is 1. The summed E-state index contributed by atoms with van der Waals surface area (Å²) in [6.07, 6.45) is 0.381. The molecule has 0 aliphatic carbocycles. The van der Waals surface area contributed by atoms with Crippen LogP contribution in [0, 0.1) is 6.92 Å². The van der Waals surface area contributed by atoms with E-state index in [1.54, 1.807) is 24.3 Å². The molecular formula is C22H22N6O3S. The molecule has 0 aliphatic rings. The lowest BCUT2D eigenvalue weighted by Crippen LogP contribution is -2.19. The van der Waals surface area contributed by atoms with Gasteiger partial charge in [0.15, 0.2) is 0 Å². The minimum atomic E-state index is -0.310. The van der Waals surface area contributed by atoms with Crippen molar-refractivity contribution in [2.45, 2.75) is 25.4 Å². The quantitative estimate of drug-likeness (QED) is 0.397. The molecule has 0 saturated carbocycles. The number of hydrogen-bond donors (Lipinski definition) is 2. The first-order valence-electron chi connectivity index (χ1n) is 10.1. The molecule has 0 fully saturated rings. The summed E-state index contributed by atoms with van der Waals surface area (Å²) in [6.45, 7) is 4.51. The van der Waals surface area contributed by atoms with E-state index in [1.165, 1.54) is 16.3 Å². The molecule has 2 heterocycles. The van der Waals surface area contributed by atoms with Gasteiger partial charge in [0.25, 0.3) is 11.3 Å². The minimum Gasteiger partial charge on any atom is -0.494 e. The van der Waals surface area contributed by atoms with Crippen molar-refractivity contribution in [1.29, 1.82) is 0 Å². The third kappa shape index (κ3) is 5.14. The van der Waals surface area contributed by atoms with Gasteiger partial charge in [-0.1, -0.05) is 41.6 Å². The number of amides is 1. The Bertz CT molecular complexity index is 1280. The van der Waals surface area contributed by atoms with E-state index in [0.29, 0.717) is 29.6 Å². The number of aromatic amines is 1. The number of thioether (sulfide) groups is 1. The molecule has 9 nitrogen and oxygen atoms in total. The highest BCUT2D eigenvalue weighted by molar-refractivity contribution is 7.99. The van der Waals surface area contributed by atoms with Crippen LogP contribution >= 0.6 is 11.8 Å². The van der Waals surface area contributed by atoms with Crippen LogP contribution < -0.4 is 15.6 Å². The van der Waals surface area contributed by atoms with Crippen molar-refractivity contribution in [3.63, 3.8) is 0 Å². The fourth-order valence-electron chi connectivity index (χ4n) is 3.01. The third-order valence-corrected chi connectivity index (χ3v) is 5.51. The zero-order chi connectivity index (χ0) is 22.5. The van der Waals surface area contributed by atoms with Crippen LogP contribution in [0.25, 0.3) is 5.78 Å². The maximum Gasteiger partial charge on any atom is 0.274 e. The van der Waals surface area contributed by atoms with Crippen molar-refractivity contribution in [2.24, 2.45) is 0 Å². The molecule has 2 aromatic heterocycles. The maximum absolute atomic E-state index is 12.4. The van der Waals surface area contributed by atoms with Crippen molar-refractivity contribution in [3.05, 3.63) is 75.7 Å². The Labute approximate surface area is 188 Å². The highest BCUT2D eigenvalue weighted by atomic mass is 32.2. The Morgan fingerprint density at radius 1 is 1.12 bits per heavy atom. The number of benzene rings is 2. The van der Waals surface area contributed by atoms with Gasteiger partial charge in [0.2, 0.25) is 11.1 Å². The fourth-order valence-corrected chi connectivity index (χ4v) is 3.69. The van der Waals surface area contributed by atoms with E-state index >= 15 is 0 Å². The van der Waals surface area contributed by atoms with Crippen LogP contribution in [0.2, 0.25) is 0 Å². The predicted octanol–water partition coefficient (Wildman–Crippen LogP) is 2.84. The first-order valence-corrected chi connectivity index (χ1v) is 11.1. The summed E-state index contributed by atoms with van der Waals surface area (Å²) in [5.74, 6) is 0.899. The highest BCUT2D eigenvalue weighted by Crippen LogP contribution is 2.18. The van der Waals surface area contributed by atoms with Crippen molar-refractivity contribution in [2.75, 3.05) is 17.7 Å². The Kier molecular flexibility index (Phi) is 6.50. The lowest BCUT2D eigenvalue weighted by Gasteiger charge is -2.07. The number of ether oxygens (including phenoxy) is 1. The van der Waals surface area contributed by atoms with Gasteiger partial charge in [-0.2, -0.15) is 9.61 Å². The van der Waals surface area contributed by atoms with Crippen LogP contribution in [-0.2, 0) is 11.2 Å². The van der Waals surface area contributed by atoms with Crippen LogP contribution in [-0.4, -0.2) is 43.1 Å². The number of nitrogens with one attached hydrogen (secondary N) is 2. The first-order chi connectivity index (χ1) is 15.5. The Morgan fingerprint density at radius 3 is 2.59 bits per heavy atom. The molecule has 0 spiro atoms. The molecule has 0 saturated heterocycles. The second kappa shape index (κ2) is 9.65. The van der Waals surface area contributed by atoms with Crippen LogP contribution in [0.3, 0.4) is 0 Å². The van der Waals surface area contributed by atoms with Gasteiger partial charge in [-0.25, -0.2) is 0 Å². The molecule has 0 bridgehead atoms. The molecule has 0 unspecified atom stereocenters. The summed E-state index contributed by atoms with van der Waals surface area (Å²) in [4.78, 5) is 27.4. The van der Waals surface area contributed by atoms with Gasteiger partial charge >= 0.3 is 0 Å². The molecule has 0 radical (unpaired) electrons. The monoisotopic (exact) mass is 450 g/mol. The van der Waals surface area contributed by atoms with E-state index in [2.05, 4.69) is 25.6 Å². The van der Waals surface area contributed by atoms with E-state index in [9.17, 15) is 9.59 Å². The van der Waals surface area contributed by atoms with Gasteiger partial charge in [-0.05, 0) is 43.7 Å². The van der Waals surface area contributed by atoms with E-state index in [0.717, 1.165) is 16.9 Å².